The first-order valence-electron chi connectivity index (χ1n) is 4.61. The van der Waals surface area contributed by atoms with E-state index in [4.69, 9.17) is 0 Å². The summed E-state index contributed by atoms with van der Waals surface area (Å²) in [6.45, 7) is 1.79. The highest BCUT2D eigenvalue weighted by Crippen LogP contribution is 2.24. The number of aromatic nitrogens is 1. The van der Waals surface area contributed by atoms with Gasteiger partial charge in [-0.1, -0.05) is 12.1 Å². The first-order valence-corrected chi connectivity index (χ1v) is 5.40. The maximum atomic E-state index is 9.27. The summed E-state index contributed by atoms with van der Waals surface area (Å²) in [6.07, 6.45) is 0.364. The highest BCUT2D eigenvalue weighted by atomic mass is 79.9. The van der Waals surface area contributed by atoms with Gasteiger partial charge in [0.15, 0.2) is 0 Å². The van der Waals surface area contributed by atoms with Gasteiger partial charge in [0.25, 0.3) is 0 Å². The zero-order valence-electron chi connectivity index (χ0n) is 7.92. The van der Waals surface area contributed by atoms with E-state index in [1.807, 2.05) is 12.1 Å². The lowest BCUT2D eigenvalue weighted by atomic mass is 10.2. The Bertz CT molecular complexity index is 447. The number of aromatic amines is 1. The van der Waals surface area contributed by atoms with Crippen molar-refractivity contribution in [3.05, 3.63) is 34.4 Å². The normalized spacial score (nSPS) is 13.4. The topological polar surface area (TPSA) is 36.0 Å². The van der Waals surface area contributed by atoms with Crippen LogP contribution >= 0.6 is 15.9 Å². The van der Waals surface area contributed by atoms with Gasteiger partial charge in [-0.3, -0.25) is 0 Å². The molecule has 2 aromatic rings. The van der Waals surface area contributed by atoms with E-state index in [2.05, 4.69) is 33.0 Å². The number of H-pyrrole nitrogens is 1. The second-order valence-electron chi connectivity index (χ2n) is 3.55. The van der Waals surface area contributed by atoms with Crippen LogP contribution in [-0.2, 0) is 6.42 Å². The third-order valence-corrected chi connectivity index (χ3v) is 2.84. The maximum Gasteiger partial charge on any atom is 0.0600 e. The van der Waals surface area contributed by atoms with Gasteiger partial charge in [0.05, 0.1) is 11.6 Å². The van der Waals surface area contributed by atoms with Crippen molar-refractivity contribution in [3.63, 3.8) is 0 Å². The van der Waals surface area contributed by atoms with Crippen LogP contribution in [0.25, 0.3) is 10.9 Å². The molecular weight excluding hydrogens is 242 g/mol. The summed E-state index contributed by atoms with van der Waals surface area (Å²) < 4.78 is 1.06. The minimum atomic E-state index is -0.304. The van der Waals surface area contributed by atoms with Crippen molar-refractivity contribution in [3.8, 4) is 0 Å². The monoisotopic (exact) mass is 253 g/mol. The van der Waals surface area contributed by atoms with E-state index in [1.54, 1.807) is 6.92 Å². The Morgan fingerprint density at radius 2 is 2.29 bits per heavy atom. The fraction of sp³-hybridized carbons (Fsp3) is 0.273. The molecular formula is C11H12BrNO. The lowest BCUT2D eigenvalue weighted by Gasteiger charge is -1.99. The van der Waals surface area contributed by atoms with Crippen molar-refractivity contribution >= 4 is 26.8 Å². The van der Waals surface area contributed by atoms with E-state index >= 15 is 0 Å². The van der Waals surface area contributed by atoms with Gasteiger partial charge in [0.2, 0.25) is 0 Å². The number of fused-ring (bicyclic) bond motifs is 1. The smallest absolute Gasteiger partial charge is 0.0600 e. The highest BCUT2D eigenvalue weighted by Gasteiger charge is 2.05. The SMILES string of the molecule is CC(O)Cc1cc2cccc(Br)c2[nH]1. The largest absolute Gasteiger partial charge is 0.393 e. The number of para-hydroxylation sites is 1. The van der Waals surface area contributed by atoms with Crippen molar-refractivity contribution in [1.29, 1.82) is 0 Å². The maximum absolute atomic E-state index is 9.27. The number of rotatable bonds is 2. The molecule has 2 rings (SSSR count). The van der Waals surface area contributed by atoms with E-state index in [0.29, 0.717) is 6.42 Å². The standard InChI is InChI=1S/C11H12BrNO/c1-7(14)5-9-6-8-3-2-4-10(12)11(8)13-9/h2-4,6-7,13-14H,5H2,1H3. The van der Waals surface area contributed by atoms with Crippen molar-refractivity contribution in [2.75, 3.05) is 0 Å². The Hall–Kier alpha value is -0.800. The lowest BCUT2D eigenvalue weighted by Crippen LogP contribution is -2.03. The molecule has 14 heavy (non-hydrogen) atoms. The number of hydrogen-bond donors (Lipinski definition) is 2. The minimum Gasteiger partial charge on any atom is -0.393 e. The Balaban J connectivity index is 2.46. The van der Waals surface area contributed by atoms with Gasteiger partial charge in [-0.2, -0.15) is 0 Å². The zero-order valence-corrected chi connectivity index (χ0v) is 9.51. The first-order chi connectivity index (χ1) is 6.66. The molecule has 0 aliphatic carbocycles. The summed E-state index contributed by atoms with van der Waals surface area (Å²) in [6, 6.07) is 8.15. The molecule has 2 N–H and O–H groups in total. The third-order valence-electron chi connectivity index (χ3n) is 2.18. The Kier molecular flexibility index (Phi) is 2.61. The van der Waals surface area contributed by atoms with Gasteiger partial charge >= 0.3 is 0 Å². The van der Waals surface area contributed by atoms with Gasteiger partial charge in [-0.25, -0.2) is 0 Å². The van der Waals surface area contributed by atoms with Crippen LogP contribution in [0.2, 0.25) is 0 Å². The number of nitrogens with one attached hydrogen (secondary N) is 1. The van der Waals surface area contributed by atoms with Crippen LogP contribution < -0.4 is 0 Å². The molecule has 1 atom stereocenters. The van der Waals surface area contributed by atoms with Gasteiger partial charge in [-0.15, -0.1) is 0 Å². The molecule has 0 spiro atoms. The van der Waals surface area contributed by atoms with Gasteiger partial charge in [0, 0.05) is 22.0 Å². The number of aliphatic hydroxyl groups is 1. The Labute approximate surface area is 91.1 Å². The third kappa shape index (κ3) is 1.83. The van der Waals surface area contributed by atoms with Crippen LogP contribution in [0, 0.1) is 0 Å². The molecule has 2 nitrogen and oxygen atoms in total. The average molecular weight is 254 g/mol. The Morgan fingerprint density at radius 3 is 2.93 bits per heavy atom. The van der Waals surface area contributed by atoms with Gasteiger partial charge in [-0.05, 0) is 35.0 Å². The Morgan fingerprint density at radius 1 is 1.50 bits per heavy atom. The highest BCUT2D eigenvalue weighted by molar-refractivity contribution is 9.10. The van der Waals surface area contributed by atoms with E-state index in [-0.39, 0.29) is 6.10 Å². The number of aliphatic hydroxyl groups excluding tert-OH is 1. The van der Waals surface area contributed by atoms with Crippen LogP contribution in [0.15, 0.2) is 28.7 Å². The molecule has 1 aromatic carbocycles. The van der Waals surface area contributed by atoms with E-state index in [1.165, 1.54) is 5.39 Å². The predicted octanol–water partition coefficient (Wildman–Crippen LogP) is 2.85. The van der Waals surface area contributed by atoms with Crippen molar-refractivity contribution in [2.24, 2.45) is 0 Å². The fourth-order valence-electron chi connectivity index (χ4n) is 1.61. The molecule has 0 amide bonds. The summed E-state index contributed by atoms with van der Waals surface area (Å²) >= 11 is 3.48. The summed E-state index contributed by atoms with van der Waals surface area (Å²) in [5, 5.41) is 10.4. The van der Waals surface area contributed by atoms with Crippen LogP contribution in [0.3, 0.4) is 0 Å². The van der Waals surface area contributed by atoms with Gasteiger partial charge in [0.1, 0.15) is 0 Å². The molecule has 0 radical (unpaired) electrons. The summed E-state index contributed by atoms with van der Waals surface area (Å²) in [5.41, 5.74) is 2.17. The van der Waals surface area contributed by atoms with Crippen LogP contribution in [0.5, 0.6) is 0 Å². The zero-order chi connectivity index (χ0) is 10.1. The molecule has 74 valence electrons. The quantitative estimate of drug-likeness (QED) is 0.849. The molecule has 0 bridgehead atoms. The van der Waals surface area contributed by atoms with Crippen LogP contribution in [0.1, 0.15) is 12.6 Å². The van der Waals surface area contributed by atoms with Crippen LogP contribution in [-0.4, -0.2) is 16.2 Å². The first kappa shape index (κ1) is 9.74. The molecule has 0 saturated carbocycles. The van der Waals surface area contributed by atoms with E-state index in [9.17, 15) is 5.11 Å². The lowest BCUT2D eigenvalue weighted by molar-refractivity contribution is 0.194. The van der Waals surface area contributed by atoms with E-state index < -0.39 is 0 Å². The second-order valence-corrected chi connectivity index (χ2v) is 4.41. The summed E-state index contributed by atoms with van der Waals surface area (Å²) in [7, 11) is 0. The minimum absolute atomic E-state index is 0.304. The summed E-state index contributed by atoms with van der Waals surface area (Å²) in [4.78, 5) is 3.29. The number of halogens is 1. The van der Waals surface area contributed by atoms with Crippen molar-refractivity contribution in [1.82, 2.24) is 4.98 Å². The van der Waals surface area contributed by atoms with Crippen molar-refractivity contribution in [2.45, 2.75) is 19.4 Å². The summed E-state index contributed by atoms with van der Waals surface area (Å²) in [5.74, 6) is 0. The van der Waals surface area contributed by atoms with E-state index in [0.717, 1.165) is 15.7 Å². The van der Waals surface area contributed by atoms with Crippen molar-refractivity contribution < 1.29 is 5.11 Å². The predicted molar refractivity (Wildman–Crippen MR) is 61.4 cm³/mol. The average Bonchev–Trinajstić information content (AvgIpc) is 2.47. The molecule has 3 heteroatoms. The number of benzene rings is 1. The fourth-order valence-corrected chi connectivity index (χ4v) is 2.09. The molecule has 1 heterocycles. The molecule has 0 aliphatic heterocycles. The molecule has 1 aromatic heterocycles. The molecule has 1 unspecified atom stereocenters. The molecule has 0 saturated heterocycles. The number of hydrogen-bond acceptors (Lipinski definition) is 1. The van der Waals surface area contributed by atoms with Crippen LogP contribution in [0.4, 0.5) is 0 Å². The molecule has 0 aliphatic rings. The molecule has 0 fully saturated rings. The van der Waals surface area contributed by atoms with Gasteiger partial charge < -0.3 is 10.1 Å². The second kappa shape index (κ2) is 3.75.